The lowest BCUT2D eigenvalue weighted by molar-refractivity contribution is -0.123. The first-order valence-electron chi connectivity index (χ1n) is 9.66. The number of carboxylic acid groups (broad SMARTS) is 1. The van der Waals surface area contributed by atoms with Crippen molar-refractivity contribution in [2.45, 2.75) is 26.4 Å². The van der Waals surface area contributed by atoms with E-state index in [4.69, 9.17) is 9.84 Å². The number of carbonyl (C=O) groups is 3. The van der Waals surface area contributed by atoms with E-state index in [-0.39, 0.29) is 17.3 Å². The van der Waals surface area contributed by atoms with Crippen molar-refractivity contribution in [3.05, 3.63) is 64.6 Å². The minimum Gasteiger partial charge on any atom is -0.482 e. The summed E-state index contributed by atoms with van der Waals surface area (Å²) in [7, 11) is 1.61. The Hall–Kier alpha value is -3.39. The molecular weight excluding hydrogens is 416 g/mol. The van der Waals surface area contributed by atoms with Crippen LogP contribution < -0.4 is 4.74 Å². The number of carbonyl (C=O) groups excluding carboxylic acids is 2. The normalized spacial score (nSPS) is 17.3. The van der Waals surface area contributed by atoms with Crippen molar-refractivity contribution >= 4 is 46.4 Å². The second kappa shape index (κ2) is 9.61. The van der Waals surface area contributed by atoms with Gasteiger partial charge in [0.2, 0.25) is 0 Å². The van der Waals surface area contributed by atoms with E-state index in [1.54, 1.807) is 31.3 Å². The lowest BCUT2D eigenvalue weighted by atomic mass is 10.1. The molecule has 160 valence electrons. The van der Waals surface area contributed by atoms with Gasteiger partial charge in [0, 0.05) is 12.6 Å². The van der Waals surface area contributed by atoms with Crippen LogP contribution in [0.4, 0.5) is 5.69 Å². The molecule has 1 saturated heterocycles. The van der Waals surface area contributed by atoms with Gasteiger partial charge in [-0.15, -0.1) is 0 Å². The maximum Gasteiger partial charge on any atom is 0.335 e. The van der Waals surface area contributed by atoms with Crippen molar-refractivity contribution in [1.82, 2.24) is 4.90 Å². The summed E-state index contributed by atoms with van der Waals surface area (Å²) in [5.41, 5.74) is 1.25. The molecular formula is C23H22N2O5S. The topological polar surface area (TPSA) is 96.3 Å². The minimum atomic E-state index is -1.04. The van der Waals surface area contributed by atoms with Crippen LogP contribution in [0.25, 0.3) is 6.08 Å². The number of aliphatic imine (C=N–C) groups is 1. The van der Waals surface area contributed by atoms with Crippen LogP contribution in [0.15, 0.2) is 58.4 Å². The highest BCUT2D eigenvalue weighted by atomic mass is 32.2. The summed E-state index contributed by atoms with van der Waals surface area (Å²) in [6.07, 6.45) is 1.71. The summed E-state index contributed by atoms with van der Waals surface area (Å²) in [6, 6.07) is 13.4. The number of ketones is 1. The third-order valence-corrected chi connectivity index (χ3v) is 5.68. The minimum absolute atomic E-state index is 0.0611. The lowest BCUT2D eigenvalue weighted by Gasteiger charge is -2.16. The molecule has 1 unspecified atom stereocenters. The summed E-state index contributed by atoms with van der Waals surface area (Å²) in [6.45, 7) is 3.36. The number of aromatic carboxylic acids is 1. The zero-order valence-electron chi connectivity index (χ0n) is 17.4. The van der Waals surface area contributed by atoms with Crippen LogP contribution in [0.3, 0.4) is 0 Å². The molecule has 0 radical (unpaired) electrons. The molecule has 0 aromatic heterocycles. The second-order valence-electron chi connectivity index (χ2n) is 6.89. The maximum atomic E-state index is 12.8. The number of Topliss-reactive ketones (excluding diaryl/α,β-unsaturated/α-hetero) is 1. The number of hydrogen-bond acceptors (Lipinski definition) is 6. The molecule has 8 heteroatoms. The van der Waals surface area contributed by atoms with Gasteiger partial charge in [0.25, 0.3) is 5.91 Å². The van der Waals surface area contributed by atoms with Crippen LogP contribution in [0.2, 0.25) is 0 Å². The van der Waals surface area contributed by atoms with Crippen LogP contribution in [-0.2, 0) is 9.59 Å². The fourth-order valence-corrected chi connectivity index (χ4v) is 3.90. The predicted octanol–water partition coefficient (Wildman–Crippen LogP) is 4.37. The summed E-state index contributed by atoms with van der Waals surface area (Å²) < 4.78 is 5.87. The Morgan fingerprint density at radius 2 is 1.97 bits per heavy atom. The molecule has 1 aliphatic rings. The van der Waals surface area contributed by atoms with Crippen LogP contribution in [0.5, 0.6) is 5.75 Å². The van der Waals surface area contributed by atoms with Gasteiger partial charge >= 0.3 is 5.97 Å². The number of amidine groups is 1. The van der Waals surface area contributed by atoms with E-state index < -0.39 is 12.1 Å². The first kappa shape index (κ1) is 22.3. The predicted molar refractivity (Wildman–Crippen MR) is 121 cm³/mol. The van der Waals surface area contributed by atoms with Gasteiger partial charge in [0.05, 0.1) is 16.2 Å². The van der Waals surface area contributed by atoms with E-state index in [1.807, 2.05) is 25.1 Å². The molecule has 1 aliphatic heterocycles. The average Bonchev–Trinajstić information content (AvgIpc) is 3.00. The monoisotopic (exact) mass is 438 g/mol. The molecule has 1 N–H and O–H groups in total. The Labute approximate surface area is 184 Å². The Kier molecular flexibility index (Phi) is 6.91. The number of hydrogen-bond donors (Lipinski definition) is 1. The van der Waals surface area contributed by atoms with Crippen LogP contribution in [-0.4, -0.2) is 46.0 Å². The molecule has 1 fully saturated rings. The zero-order valence-corrected chi connectivity index (χ0v) is 18.2. The van der Waals surface area contributed by atoms with Crippen molar-refractivity contribution in [2.24, 2.45) is 4.99 Å². The van der Waals surface area contributed by atoms with Crippen molar-refractivity contribution in [2.75, 3.05) is 7.05 Å². The fraction of sp³-hybridized carbons (Fsp3) is 0.217. The molecule has 0 saturated carbocycles. The van der Waals surface area contributed by atoms with Gasteiger partial charge in [-0.2, -0.15) is 0 Å². The molecule has 2 aromatic rings. The number of rotatable bonds is 7. The molecule has 1 amide bonds. The highest BCUT2D eigenvalue weighted by molar-refractivity contribution is 8.18. The smallest absolute Gasteiger partial charge is 0.335 e. The van der Waals surface area contributed by atoms with Crippen LogP contribution in [0.1, 0.15) is 36.2 Å². The standard InChI is InChI=1S/C23H22N2O5S/c1-4-18(14(2)26)30-19-11-6-5-8-15(19)13-20-21(27)25(3)23(31-20)24-17-10-7-9-16(12-17)22(28)29/h5-13,18H,4H2,1-3H3,(H,28,29)/b20-13-,24-23?. The Morgan fingerprint density at radius 3 is 2.65 bits per heavy atom. The summed E-state index contributed by atoms with van der Waals surface area (Å²) in [5, 5.41) is 9.59. The van der Waals surface area contributed by atoms with Gasteiger partial charge in [-0.1, -0.05) is 31.2 Å². The number of nitrogens with zero attached hydrogens (tertiary/aromatic N) is 2. The fourth-order valence-electron chi connectivity index (χ4n) is 2.93. The average molecular weight is 439 g/mol. The van der Waals surface area contributed by atoms with E-state index in [0.717, 1.165) is 0 Å². The third-order valence-electron chi connectivity index (χ3n) is 4.62. The van der Waals surface area contributed by atoms with E-state index in [2.05, 4.69) is 4.99 Å². The number of ether oxygens (including phenoxy) is 1. The summed E-state index contributed by atoms with van der Waals surface area (Å²) in [5.74, 6) is -0.813. The van der Waals surface area contributed by atoms with Gasteiger partial charge in [-0.05, 0) is 55.4 Å². The Morgan fingerprint density at radius 1 is 1.23 bits per heavy atom. The molecule has 2 aromatic carbocycles. The van der Waals surface area contributed by atoms with Gasteiger partial charge < -0.3 is 9.84 Å². The summed E-state index contributed by atoms with van der Waals surface area (Å²) in [4.78, 5) is 42.0. The van der Waals surface area contributed by atoms with Crippen molar-refractivity contribution < 1.29 is 24.2 Å². The molecule has 0 spiro atoms. The van der Waals surface area contributed by atoms with Crippen molar-refractivity contribution in [3.63, 3.8) is 0 Å². The van der Waals surface area contributed by atoms with E-state index in [9.17, 15) is 14.4 Å². The van der Waals surface area contributed by atoms with E-state index in [1.165, 1.54) is 35.7 Å². The van der Waals surface area contributed by atoms with Gasteiger partial charge in [-0.3, -0.25) is 14.5 Å². The van der Waals surface area contributed by atoms with Gasteiger partial charge in [0.15, 0.2) is 17.1 Å². The Bertz CT molecular complexity index is 1090. The first-order valence-corrected chi connectivity index (χ1v) is 10.5. The van der Waals surface area contributed by atoms with Crippen LogP contribution in [0, 0.1) is 0 Å². The molecule has 7 nitrogen and oxygen atoms in total. The highest BCUT2D eigenvalue weighted by Crippen LogP contribution is 2.35. The number of likely N-dealkylation sites (N-methyl/N-ethyl adjacent to an activating group) is 1. The molecule has 31 heavy (non-hydrogen) atoms. The Balaban J connectivity index is 1.90. The van der Waals surface area contributed by atoms with Crippen molar-refractivity contribution in [1.29, 1.82) is 0 Å². The number of para-hydroxylation sites is 1. The number of benzene rings is 2. The first-order chi connectivity index (χ1) is 14.8. The number of thioether (sulfide) groups is 1. The van der Waals surface area contributed by atoms with E-state index in [0.29, 0.717) is 33.5 Å². The SMILES string of the molecule is CCC(Oc1ccccc1/C=C1\SC(=Nc2cccc(C(=O)O)c2)N(C)C1=O)C(C)=O. The number of amides is 1. The van der Waals surface area contributed by atoms with Crippen LogP contribution >= 0.6 is 11.8 Å². The quantitative estimate of drug-likeness (QED) is 0.645. The molecule has 1 heterocycles. The molecule has 1 atom stereocenters. The third kappa shape index (κ3) is 5.21. The van der Waals surface area contributed by atoms with Gasteiger partial charge in [0.1, 0.15) is 5.75 Å². The van der Waals surface area contributed by atoms with Gasteiger partial charge in [-0.25, -0.2) is 9.79 Å². The second-order valence-corrected chi connectivity index (χ2v) is 7.90. The molecule has 3 rings (SSSR count). The zero-order chi connectivity index (χ0) is 22.5. The number of carboxylic acids is 1. The highest BCUT2D eigenvalue weighted by Gasteiger charge is 2.30. The lowest BCUT2D eigenvalue weighted by Crippen LogP contribution is -2.24. The molecule has 0 bridgehead atoms. The molecule has 0 aliphatic carbocycles. The maximum absolute atomic E-state index is 12.8. The summed E-state index contributed by atoms with van der Waals surface area (Å²) >= 11 is 1.19. The largest absolute Gasteiger partial charge is 0.482 e. The van der Waals surface area contributed by atoms with Crippen molar-refractivity contribution in [3.8, 4) is 5.75 Å². The van der Waals surface area contributed by atoms with E-state index >= 15 is 0 Å².